The number of benzene rings is 1. The molecule has 0 atom stereocenters. The molecular formula is C10H10F2N2OS. The summed E-state index contributed by atoms with van der Waals surface area (Å²) < 4.78 is 26.3. The van der Waals surface area contributed by atoms with Crippen molar-refractivity contribution in [1.82, 2.24) is 5.32 Å². The summed E-state index contributed by atoms with van der Waals surface area (Å²) in [5.74, 6) is -2.02. The first-order chi connectivity index (χ1) is 7.50. The molecule has 1 aromatic rings. The number of nitrogens with one attached hydrogen (secondary N) is 1. The monoisotopic (exact) mass is 244 g/mol. The molecule has 0 saturated carbocycles. The predicted octanol–water partition coefficient (Wildman–Crippen LogP) is 0.910. The first-order valence-electron chi connectivity index (χ1n) is 4.48. The fourth-order valence-electron chi connectivity index (χ4n) is 1.11. The van der Waals surface area contributed by atoms with Gasteiger partial charge in [0.2, 0.25) is 5.91 Å². The van der Waals surface area contributed by atoms with Crippen molar-refractivity contribution in [2.45, 2.75) is 6.42 Å². The summed E-state index contributed by atoms with van der Waals surface area (Å²) in [6.07, 6.45) is -0.374. The maximum absolute atomic E-state index is 13.1. The molecule has 3 N–H and O–H groups in total. The van der Waals surface area contributed by atoms with Crippen molar-refractivity contribution < 1.29 is 13.6 Å². The fraction of sp³-hybridized carbons (Fsp3) is 0.200. The number of rotatable bonds is 4. The number of hydrogen-bond acceptors (Lipinski definition) is 2. The van der Waals surface area contributed by atoms with Gasteiger partial charge in [0, 0.05) is 5.56 Å². The van der Waals surface area contributed by atoms with Crippen LogP contribution in [-0.4, -0.2) is 17.4 Å². The number of amides is 1. The van der Waals surface area contributed by atoms with Crippen LogP contribution in [0.1, 0.15) is 5.56 Å². The molecule has 0 radical (unpaired) electrons. The zero-order valence-electron chi connectivity index (χ0n) is 8.30. The Bertz CT molecular complexity index is 403. The van der Waals surface area contributed by atoms with Gasteiger partial charge in [-0.15, -0.1) is 0 Å². The van der Waals surface area contributed by atoms with E-state index in [9.17, 15) is 13.6 Å². The highest BCUT2D eigenvalue weighted by molar-refractivity contribution is 7.80. The molecule has 0 aromatic heterocycles. The van der Waals surface area contributed by atoms with E-state index in [1.54, 1.807) is 0 Å². The maximum atomic E-state index is 13.1. The van der Waals surface area contributed by atoms with Crippen LogP contribution in [0, 0.1) is 11.6 Å². The van der Waals surface area contributed by atoms with Gasteiger partial charge in [0.05, 0.1) is 18.0 Å². The van der Waals surface area contributed by atoms with Crippen LogP contribution < -0.4 is 11.1 Å². The molecule has 0 spiro atoms. The molecule has 1 amide bonds. The van der Waals surface area contributed by atoms with Gasteiger partial charge in [-0.05, 0) is 12.1 Å². The summed E-state index contributed by atoms with van der Waals surface area (Å²) in [5, 5.41) is 2.35. The highest BCUT2D eigenvalue weighted by Crippen LogP contribution is 2.12. The molecule has 86 valence electrons. The third kappa shape index (κ3) is 3.54. The third-order valence-electron chi connectivity index (χ3n) is 1.86. The second-order valence-corrected chi connectivity index (χ2v) is 3.64. The average molecular weight is 244 g/mol. The van der Waals surface area contributed by atoms with E-state index in [0.29, 0.717) is 0 Å². The van der Waals surface area contributed by atoms with Crippen LogP contribution in [0.5, 0.6) is 0 Å². The lowest BCUT2D eigenvalue weighted by molar-refractivity contribution is -0.120. The zero-order valence-corrected chi connectivity index (χ0v) is 9.11. The normalized spacial score (nSPS) is 9.88. The van der Waals surface area contributed by atoms with Gasteiger partial charge in [0.25, 0.3) is 0 Å². The van der Waals surface area contributed by atoms with Crippen molar-refractivity contribution in [3.8, 4) is 0 Å². The Kier molecular flexibility index (Phi) is 4.30. The Hall–Kier alpha value is -1.56. The lowest BCUT2D eigenvalue weighted by Crippen LogP contribution is -2.33. The van der Waals surface area contributed by atoms with Crippen LogP contribution in [-0.2, 0) is 11.2 Å². The van der Waals surface area contributed by atoms with Gasteiger partial charge in [0.15, 0.2) is 0 Å². The molecule has 0 heterocycles. The molecule has 0 saturated heterocycles. The lowest BCUT2D eigenvalue weighted by atomic mass is 10.1. The fourth-order valence-corrected chi connectivity index (χ4v) is 1.18. The van der Waals surface area contributed by atoms with Crippen LogP contribution in [0.25, 0.3) is 0 Å². The topological polar surface area (TPSA) is 55.1 Å². The average Bonchev–Trinajstić information content (AvgIpc) is 2.21. The number of halogens is 2. The standard InChI is InChI=1S/C10H10F2N2OS/c11-7-2-1-3-8(12)6(7)4-10(15)14-5-9(13)16/h1-3H,4-5H2,(H2,13,16)(H,14,15). The summed E-state index contributed by atoms with van der Waals surface area (Å²) in [7, 11) is 0. The van der Waals surface area contributed by atoms with Crippen molar-refractivity contribution in [2.75, 3.05) is 6.54 Å². The van der Waals surface area contributed by atoms with Crippen LogP contribution in [0.15, 0.2) is 18.2 Å². The van der Waals surface area contributed by atoms with Crippen molar-refractivity contribution in [2.24, 2.45) is 5.73 Å². The summed E-state index contributed by atoms with van der Waals surface area (Å²) >= 11 is 4.55. The van der Waals surface area contributed by atoms with Crippen LogP contribution in [0.4, 0.5) is 8.78 Å². The molecule has 6 heteroatoms. The molecule has 16 heavy (non-hydrogen) atoms. The molecule has 0 aliphatic heterocycles. The van der Waals surface area contributed by atoms with E-state index < -0.39 is 17.5 Å². The molecule has 0 bridgehead atoms. The van der Waals surface area contributed by atoms with Gasteiger partial charge in [0.1, 0.15) is 11.6 Å². The molecule has 3 nitrogen and oxygen atoms in total. The van der Waals surface area contributed by atoms with E-state index in [1.807, 2.05) is 0 Å². The smallest absolute Gasteiger partial charge is 0.224 e. The summed E-state index contributed by atoms with van der Waals surface area (Å²) in [4.78, 5) is 11.4. The van der Waals surface area contributed by atoms with Gasteiger partial charge < -0.3 is 11.1 Å². The van der Waals surface area contributed by atoms with Gasteiger partial charge in [-0.2, -0.15) is 0 Å². The van der Waals surface area contributed by atoms with E-state index in [4.69, 9.17) is 5.73 Å². The summed E-state index contributed by atoms with van der Waals surface area (Å²) in [5.41, 5.74) is 4.90. The van der Waals surface area contributed by atoms with Crippen LogP contribution in [0.2, 0.25) is 0 Å². The molecule has 0 aliphatic rings. The number of thiocarbonyl (C=S) groups is 1. The lowest BCUT2D eigenvalue weighted by Gasteiger charge is -2.05. The Morgan fingerprint density at radius 3 is 2.44 bits per heavy atom. The number of carbonyl (C=O) groups is 1. The first-order valence-corrected chi connectivity index (χ1v) is 4.89. The second-order valence-electron chi connectivity index (χ2n) is 3.12. The van der Waals surface area contributed by atoms with Gasteiger partial charge in [-0.3, -0.25) is 4.79 Å². The second kappa shape index (κ2) is 5.50. The van der Waals surface area contributed by atoms with Crippen molar-refractivity contribution >= 4 is 23.1 Å². The number of nitrogens with two attached hydrogens (primary N) is 1. The van der Waals surface area contributed by atoms with Crippen molar-refractivity contribution in [1.29, 1.82) is 0 Å². The largest absolute Gasteiger partial charge is 0.392 e. The van der Waals surface area contributed by atoms with Gasteiger partial charge >= 0.3 is 0 Å². The maximum Gasteiger partial charge on any atom is 0.224 e. The van der Waals surface area contributed by atoms with Crippen molar-refractivity contribution in [3.63, 3.8) is 0 Å². The molecular weight excluding hydrogens is 234 g/mol. The van der Waals surface area contributed by atoms with Crippen molar-refractivity contribution in [3.05, 3.63) is 35.4 Å². The van der Waals surface area contributed by atoms with E-state index in [-0.39, 0.29) is 23.5 Å². The molecule has 0 fully saturated rings. The van der Waals surface area contributed by atoms with E-state index in [0.717, 1.165) is 12.1 Å². The number of carbonyl (C=O) groups excluding carboxylic acids is 1. The van der Waals surface area contributed by atoms with E-state index >= 15 is 0 Å². The van der Waals surface area contributed by atoms with Gasteiger partial charge in [-0.1, -0.05) is 18.3 Å². The minimum atomic E-state index is -0.745. The molecule has 1 rings (SSSR count). The molecule has 0 unspecified atom stereocenters. The first kappa shape index (κ1) is 12.5. The minimum absolute atomic E-state index is 0.0181. The zero-order chi connectivity index (χ0) is 12.1. The van der Waals surface area contributed by atoms with E-state index in [2.05, 4.69) is 17.5 Å². The quantitative estimate of drug-likeness (QED) is 0.774. The Balaban J connectivity index is 2.66. The molecule has 1 aromatic carbocycles. The minimum Gasteiger partial charge on any atom is -0.392 e. The highest BCUT2D eigenvalue weighted by Gasteiger charge is 2.12. The summed E-state index contributed by atoms with van der Waals surface area (Å²) in [6.45, 7) is 0.0181. The predicted molar refractivity (Wildman–Crippen MR) is 59.9 cm³/mol. The van der Waals surface area contributed by atoms with Gasteiger partial charge in [-0.25, -0.2) is 8.78 Å². The molecule has 0 aliphatic carbocycles. The Morgan fingerprint density at radius 2 is 1.94 bits per heavy atom. The highest BCUT2D eigenvalue weighted by atomic mass is 32.1. The van der Waals surface area contributed by atoms with E-state index in [1.165, 1.54) is 6.07 Å². The summed E-state index contributed by atoms with van der Waals surface area (Å²) in [6, 6.07) is 3.43. The SMILES string of the molecule is NC(=S)CNC(=O)Cc1c(F)cccc1F. The Morgan fingerprint density at radius 1 is 1.38 bits per heavy atom. The van der Waals surface area contributed by atoms with Crippen LogP contribution in [0.3, 0.4) is 0 Å². The Labute approximate surface area is 96.6 Å². The number of hydrogen-bond donors (Lipinski definition) is 2. The van der Waals surface area contributed by atoms with Crippen LogP contribution >= 0.6 is 12.2 Å². The third-order valence-corrected chi connectivity index (χ3v) is 2.00.